The molecule has 3 unspecified atom stereocenters. The van der Waals surface area contributed by atoms with Gasteiger partial charge in [0.2, 0.25) is 0 Å². The van der Waals surface area contributed by atoms with Gasteiger partial charge in [0.15, 0.2) is 0 Å². The summed E-state index contributed by atoms with van der Waals surface area (Å²) in [4.78, 5) is 1.54. The molecule has 3 rings (SSSR count). The van der Waals surface area contributed by atoms with E-state index in [2.05, 4.69) is 22.8 Å². The molecule has 1 nitrogen and oxygen atoms in total. The lowest BCUT2D eigenvalue weighted by Crippen LogP contribution is -2.44. The van der Waals surface area contributed by atoms with Crippen molar-refractivity contribution in [3.63, 3.8) is 0 Å². The van der Waals surface area contributed by atoms with Gasteiger partial charge >= 0.3 is 0 Å². The molecule has 1 saturated heterocycles. The van der Waals surface area contributed by atoms with Crippen LogP contribution in [-0.2, 0) is 0 Å². The molecule has 15 heavy (non-hydrogen) atoms. The molecule has 1 saturated carbocycles. The van der Waals surface area contributed by atoms with Crippen molar-refractivity contribution in [2.75, 3.05) is 0 Å². The molecule has 2 fully saturated rings. The van der Waals surface area contributed by atoms with Gasteiger partial charge in [-0.1, -0.05) is 18.9 Å². The van der Waals surface area contributed by atoms with Crippen LogP contribution < -0.4 is 5.32 Å². The van der Waals surface area contributed by atoms with Gasteiger partial charge in [-0.15, -0.1) is 11.3 Å². The van der Waals surface area contributed by atoms with Crippen LogP contribution in [0.1, 0.15) is 49.4 Å². The van der Waals surface area contributed by atoms with Crippen molar-refractivity contribution in [2.45, 2.75) is 50.6 Å². The van der Waals surface area contributed by atoms with E-state index in [-0.39, 0.29) is 0 Å². The predicted molar refractivity (Wildman–Crippen MR) is 65.2 cm³/mol. The fourth-order valence-corrected chi connectivity index (χ4v) is 4.03. The largest absolute Gasteiger partial charge is 0.306 e. The Labute approximate surface area is 95.9 Å². The van der Waals surface area contributed by atoms with Crippen LogP contribution in [0.15, 0.2) is 17.5 Å². The Bertz CT molecular complexity index is 306. The average molecular weight is 221 g/mol. The first-order chi connectivity index (χ1) is 7.43. The van der Waals surface area contributed by atoms with Gasteiger partial charge in [0.05, 0.1) is 0 Å². The second kappa shape index (κ2) is 4.26. The molecule has 1 aromatic rings. The van der Waals surface area contributed by atoms with E-state index in [1.54, 1.807) is 4.88 Å². The molecule has 2 aliphatic rings. The molecular weight excluding hydrogens is 202 g/mol. The average Bonchev–Trinajstić information content (AvgIpc) is 2.82. The van der Waals surface area contributed by atoms with Crippen molar-refractivity contribution in [3.05, 3.63) is 22.4 Å². The van der Waals surface area contributed by atoms with E-state index in [0.29, 0.717) is 6.04 Å². The molecule has 2 heteroatoms. The summed E-state index contributed by atoms with van der Waals surface area (Å²) >= 11 is 1.91. The third kappa shape index (κ3) is 1.98. The van der Waals surface area contributed by atoms with Gasteiger partial charge in [-0.25, -0.2) is 0 Å². The molecule has 0 radical (unpaired) electrons. The van der Waals surface area contributed by atoms with Crippen molar-refractivity contribution in [2.24, 2.45) is 5.92 Å². The predicted octanol–water partition coefficient (Wildman–Crippen LogP) is 3.73. The van der Waals surface area contributed by atoms with Crippen LogP contribution in [0.5, 0.6) is 0 Å². The number of nitrogens with one attached hydrogen (secondary N) is 1. The standard InChI is InChI=1S/C13H19NS/c1-2-5-11-10(4-1)7-8-12(14-11)13-6-3-9-15-13/h3,6,9-12,14H,1-2,4-5,7-8H2. The second-order valence-electron chi connectivity index (χ2n) is 4.96. The van der Waals surface area contributed by atoms with Gasteiger partial charge in [-0.2, -0.15) is 0 Å². The highest BCUT2D eigenvalue weighted by atomic mass is 32.1. The second-order valence-corrected chi connectivity index (χ2v) is 5.94. The van der Waals surface area contributed by atoms with Crippen LogP contribution in [0.3, 0.4) is 0 Å². The van der Waals surface area contributed by atoms with Crippen molar-refractivity contribution in [1.82, 2.24) is 5.32 Å². The molecule has 2 heterocycles. The molecule has 0 bridgehead atoms. The Morgan fingerprint density at radius 3 is 2.93 bits per heavy atom. The Kier molecular flexibility index (Phi) is 2.80. The normalized spacial score (nSPS) is 36.1. The lowest BCUT2D eigenvalue weighted by molar-refractivity contribution is 0.178. The maximum atomic E-state index is 3.87. The Hall–Kier alpha value is -0.340. The maximum absolute atomic E-state index is 3.87. The fourth-order valence-electron chi connectivity index (χ4n) is 3.21. The number of hydrogen-bond donors (Lipinski definition) is 1. The smallest absolute Gasteiger partial charge is 0.0417 e. The first-order valence-electron chi connectivity index (χ1n) is 6.23. The summed E-state index contributed by atoms with van der Waals surface area (Å²) in [5.41, 5.74) is 0. The van der Waals surface area contributed by atoms with Gasteiger partial charge in [0.25, 0.3) is 0 Å². The summed E-state index contributed by atoms with van der Waals surface area (Å²) < 4.78 is 0. The maximum Gasteiger partial charge on any atom is 0.0417 e. The van der Waals surface area contributed by atoms with E-state index < -0.39 is 0 Å². The summed E-state index contributed by atoms with van der Waals surface area (Å²) in [5, 5.41) is 6.07. The van der Waals surface area contributed by atoms with Gasteiger partial charge in [-0.05, 0) is 43.0 Å². The molecule has 1 N–H and O–H groups in total. The van der Waals surface area contributed by atoms with E-state index >= 15 is 0 Å². The molecule has 1 aromatic heterocycles. The van der Waals surface area contributed by atoms with E-state index in [1.165, 1.54) is 38.5 Å². The summed E-state index contributed by atoms with van der Waals surface area (Å²) in [6.07, 6.45) is 8.57. The minimum Gasteiger partial charge on any atom is -0.306 e. The van der Waals surface area contributed by atoms with Crippen LogP contribution in [-0.4, -0.2) is 6.04 Å². The van der Waals surface area contributed by atoms with Crippen molar-refractivity contribution in [1.29, 1.82) is 0 Å². The van der Waals surface area contributed by atoms with Gasteiger partial charge in [-0.3, -0.25) is 0 Å². The van der Waals surface area contributed by atoms with E-state index in [4.69, 9.17) is 0 Å². The fraction of sp³-hybridized carbons (Fsp3) is 0.692. The number of thiophene rings is 1. The number of hydrogen-bond acceptors (Lipinski definition) is 2. The van der Waals surface area contributed by atoms with Crippen molar-refractivity contribution in [3.8, 4) is 0 Å². The molecular formula is C13H19NS. The molecule has 0 spiro atoms. The highest BCUT2D eigenvalue weighted by Crippen LogP contribution is 2.37. The van der Waals surface area contributed by atoms with Crippen molar-refractivity contribution < 1.29 is 0 Å². The highest BCUT2D eigenvalue weighted by molar-refractivity contribution is 7.10. The first kappa shape index (κ1) is 9.86. The van der Waals surface area contributed by atoms with Crippen LogP contribution in [0, 0.1) is 5.92 Å². The SMILES string of the molecule is c1csc(C2CCC3CCCCC3N2)c1. The molecule has 0 aromatic carbocycles. The minimum atomic E-state index is 0.657. The van der Waals surface area contributed by atoms with Crippen molar-refractivity contribution >= 4 is 11.3 Å². The zero-order valence-corrected chi connectivity index (χ0v) is 9.93. The molecule has 82 valence electrons. The minimum absolute atomic E-state index is 0.657. The first-order valence-corrected chi connectivity index (χ1v) is 7.11. The van der Waals surface area contributed by atoms with Crippen LogP contribution in [0.25, 0.3) is 0 Å². The zero-order valence-electron chi connectivity index (χ0n) is 9.11. The lowest BCUT2D eigenvalue weighted by atomic mass is 9.77. The van der Waals surface area contributed by atoms with Gasteiger partial charge in [0, 0.05) is 17.0 Å². The Balaban J connectivity index is 1.70. The number of piperidine rings is 1. The van der Waals surface area contributed by atoms with Crippen LogP contribution in [0.4, 0.5) is 0 Å². The van der Waals surface area contributed by atoms with Crippen LogP contribution in [0.2, 0.25) is 0 Å². The molecule has 3 atom stereocenters. The summed E-state index contributed by atoms with van der Waals surface area (Å²) in [7, 11) is 0. The molecule has 1 aliphatic heterocycles. The monoisotopic (exact) mass is 221 g/mol. The zero-order chi connectivity index (χ0) is 10.1. The Morgan fingerprint density at radius 1 is 1.13 bits per heavy atom. The number of fused-ring (bicyclic) bond motifs is 1. The topological polar surface area (TPSA) is 12.0 Å². The van der Waals surface area contributed by atoms with Gasteiger partial charge in [0.1, 0.15) is 0 Å². The summed E-state index contributed by atoms with van der Waals surface area (Å²) in [5.74, 6) is 0.981. The molecule has 0 amide bonds. The highest BCUT2D eigenvalue weighted by Gasteiger charge is 2.32. The van der Waals surface area contributed by atoms with Gasteiger partial charge < -0.3 is 5.32 Å². The number of rotatable bonds is 1. The third-order valence-corrected chi connectivity index (χ3v) is 5.02. The summed E-state index contributed by atoms with van der Waals surface area (Å²) in [6, 6.07) is 5.93. The van der Waals surface area contributed by atoms with E-state index in [0.717, 1.165) is 12.0 Å². The van der Waals surface area contributed by atoms with E-state index in [1.807, 2.05) is 11.3 Å². The third-order valence-electron chi connectivity index (χ3n) is 4.04. The molecule has 1 aliphatic carbocycles. The van der Waals surface area contributed by atoms with Crippen LogP contribution >= 0.6 is 11.3 Å². The summed E-state index contributed by atoms with van der Waals surface area (Å²) in [6.45, 7) is 0. The quantitative estimate of drug-likeness (QED) is 0.762. The van der Waals surface area contributed by atoms with E-state index in [9.17, 15) is 0 Å². The Morgan fingerprint density at radius 2 is 2.07 bits per heavy atom. The lowest BCUT2D eigenvalue weighted by Gasteiger charge is -2.40.